The monoisotopic (exact) mass is 505 g/mol. The third-order valence-corrected chi connectivity index (χ3v) is 9.69. The smallest absolute Gasteiger partial charge is 0.279 e. The molecule has 1 atom stereocenters. The molecule has 1 aromatic heterocycles. The van der Waals surface area contributed by atoms with Gasteiger partial charge in [-0.2, -0.15) is 9.30 Å². The van der Waals surface area contributed by atoms with E-state index in [-0.39, 0.29) is 10.9 Å². The summed E-state index contributed by atoms with van der Waals surface area (Å²) in [5.74, 6) is -0.408. The van der Waals surface area contributed by atoms with Crippen molar-refractivity contribution in [3.05, 3.63) is 83.7 Å². The molecule has 0 aliphatic carbocycles. The van der Waals surface area contributed by atoms with Gasteiger partial charge in [0.1, 0.15) is 0 Å². The number of rotatable bonds is 5. The van der Waals surface area contributed by atoms with E-state index in [1.54, 1.807) is 22.5 Å². The van der Waals surface area contributed by atoms with Crippen LogP contribution in [0.15, 0.2) is 83.2 Å². The molecule has 8 heteroatoms. The number of hydrogen-bond acceptors (Lipinski definition) is 4. The number of amides is 1. The Hall–Kier alpha value is -3.07. The van der Waals surface area contributed by atoms with Crippen molar-refractivity contribution >= 4 is 48.3 Å². The van der Waals surface area contributed by atoms with Gasteiger partial charge in [0.05, 0.1) is 15.1 Å². The van der Waals surface area contributed by atoms with Crippen LogP contribution in [0.2, 0.25) is 0 Å². The minimum Gasteiger partial charge on any atom is -0.312 e. The number of sulfonamides is 1. The zero-order valence-electron chi connectivity index (χ0n) is 19.6. The van der Waals surface area contributed by atoms with E-state index in [4.69, 9.17) is 0 Å². The van der Waals surface area contributed by atoms with Gasteiger partial charge in [0.15, 0.2) is 4.80 Å². The van der Waals surface area contributed by atoms with Crippen LogP contribution in [0.4, 0.5) is 0 Å². The number of aromatic nitrogens is 1. The normalized spacial score (nSPS) is 17.7. The topological polar surface area (TPSA) is 71.7 Å². The fourth-order valence-corrected chi connectivity index (χ4v) is 7.55. The summed E-state index contributed by atoms with van der Waals surface area (Å²) < 4.78 is 30.8. The Labute approximate surface area is 208 Å². The molecule has 1 saturated heterocycles. The molecule has 0 spiro atoms. The second-order valence-electron chi connectivity index (χ2n) is 8.82. The van der Waals surface area contributed by atoms with Crippen LogP contribution in [0, 0.1) is 0 Å². The molecule has 4 aromatic rings. The lowest BCUT2D eigenvalue weighted by Crippen LogP contribution is -2.41. The molecule has 0 radical (unpaired) electrons. The van der Waals surface area contributed by atoms with Crippen LogP contribution in [0.1, 0.15) is 36.5 Å². The van der Waals surface area contributed by atoms with Crippen molar-refractivity contribution in [1.29, 1.82) is 0 Å². The van der Waals surface area contributed by atoms with Crippen molar-refractivity contribution in [2.45, 2.75) is 43.7 Å². The minimum atomic E-state index is -3.59. The lowest BCUT2D eigenvalue weighted by molar-refractivity contribution is 0.0997. The summed E-state index contributed by atoms with van der Waals surface area (Å²) in [5, 5.41) is 2.24. The van der Waals surface area contributed by atoms with Gasteiger partial charge in [-0.15, -0.1) is 6.58 Å². The molecule has 1 aliphatic heterocycles. The maximum Gasteiger partial charge on any atom is 0.279 e. The van der Waals surface area contributed by atoms with Crippen LogP contribution in [0.5, 0.6) is 0 Å². The van der Waals surface area contributed by atoms with Crippen molar-refractivity contribution in [2.75, 3.05) is 6.54 Å². The Balaban J connectivity index is 1.51. The van der Waals surface area contributed by atoms with Gasteiger partial charge in [0, 0.05) is 30.1 Å². The predicted octanol–water partition coefficient (Wildman–Crippen LogP) is 5.35. The summed E-state index contributed by atoms with van der Waals surface area (Å²) in [4.78, 5) is 18.3. The van der Waals surface area contributed by atoms with Gasteiger partial charge in [-0.25, -0.2) is 8.42 Å². The van der Waals surface area contributed by atoms with Gasteiger partial charge in [-0.1, -0.05) is 54.2 Å². The second kappa shape index (κ2) is 9.53. The Morgan fingerprint density at radius 3 is 2.63 bits per heavy atom. The number of thiazole rings is 1. The maximum atomic E-state index is 13.1. The standard InChI is InChI=1S/C27H27N3O3S2/c1-3-17-29-24-16-13-20-9-4-5-10-23(20)25(24)34-27(29)28-26(31)21-11-14-22(15-12-21)35(32,33)30-18-7-6-8-19(30)2/h3-5,9-16,19H,1,6-8,17-18H2,2H3. The van der Waals surface area contributed by atoms with E-state index >= 15 is 0 Å². The number of hydrogen-bond donors (Lipinski definition) is 0. The molecule has 1 amide bonds. The SMILES string of the molecule is C=CCn1c(=NC(=O)c2ccc(S(=O)(=O)N3CCCCC3C)cc2)sc2c3ccccc3ccc21. The zero-order chi connectivity index (χ0) is 24.6. The molecule has 1 fully saturated rings. The number of fused-ring (bicyclic) bond motifs is 3. The highest BCUT2D eigenvalue weighted by Crippen LogP contribution is 2.28. The molecule has 1 aliphatic rings. The fraction of sp³-hybridized carbons (Fsp3) is 0.259. The molecule has 2 heterocycles. The van der Waals surface area contributed by atoms with Crippen LogP contribution in [-0.2, 0) is 16.6 Å². The first-order valence-corrected chi connectivity index (χ1v) is 14.0. The van der Waals surface area contributed by atoms with Gasteiger partial charge >= 0.3 is 0 Å². The second-order valence-corrected chi connectivity index (χ2v) is 11.7. The van der Waals surface area contributed by atoms with Crippen LogP contribution in [0.3, 0.4) is 0 Å². The number of nitrogens with zero attached hydrogens (tertiary/aromatic N) is 3. The Kier molecular flexibility index (Phi) is 6.44. The summed E-state index contributed by atoms with van der Waals surface area (Å²) in [5.41, 5.74) is 1.35. The molecule has 180 valence electrons. The number of piperidine rings is 1. The van der Waals surface area contributed by atoms with E-state index in [9.17, 15) is 13.2 Å². The van der Waals surface area contributed by atoms with E-state index in [0.717, 1.165) is 40.3 Å². The van der Waals surface area contributed by atoms with Crippen molar-refractivity contribution in [1.82, 2.24) is 8.87 Å². The summed E-state index contributed by atoms with van der Waals surface area (Å²) in [6.45, 7) is 6.86. The summed E-state index contributed by atoms with van der Waals surface area (Å²) in [7, 11) is -3.59. The van der Waals surface area contributed by atoms with E-state index in [0.29, 0.717) is 23.5 Å². The average molecular weight is 506 g/mol. The summed E-state index contributed by atoms with van der Waals surface area (Å²) in [6.07, 6.45) is 4.56. The minimum absolute atomic E-state index is 0.0191. The number of benzene rings is 3. The molecule has 0 N–H and O–H groups in total. The summed E-state index contributed by atoms with van der Waals surface area (Å²) >= 11 is 1.47. The largest absolute Gasteiger partial charge is 0.312 e. The highest BCUT2D eigenvalue weighted by molar-refractivity contribution is 7.89. The lowest BCUT2D eigenvalue weighted by atomic mass is 10.1. The molecular weight excluding hydrogens is 478 g/mol. The van der Waals surface area contributed by atoms with Crippen molar-refractivity contribution in [3.8, 4) is 0 Å². The lowest BCUT2D eigenvalue weighted by Gasteiger charge is -2.32. The maximum absolute atomic E-state index is 13.1. The first-order chi connectivity index (χ1) is 16.9. The quantitative estimate of drug-likeness (QED) is 0.344. The molecule has 1 unspecified atom stereocenters. The van der Waals surface area contributed by atoms with Gasteiger partial charge in [-0.05, 0) is 55.5 Å². The number of allylic oxidation sites excluding steroid dienone is 1. The fourth-order valence-electron chi connectivity index (χ4n) is 4.67. The van der Waals surface area contributed by atoms with Crippen LogP contribution in [0.25, 0.3) is 21.0 Å². The molecule has 3 aromatic carbocycles. The summed E-state index contributed by atoms with van der Waals surface area (Å²) in [6, 6.07) is 18.4. The van der Waals surface area contributed by atoms with E-state index < -0.39 is 15.9 Å². The molecule has 0 bridgehead atoms. The molecule has 5 rings (SSSR count). The number of carbonyl (C=O) groups is 1. The van der Waals surface area contributed by atoms with E-state index in [2.05, 4.69) is 29.8 Å². The zero-order valence-corrected chi connectivity index (χ0v) is 21.2. The molecule has 0 saturated carbocycles. The first kappa shape index (κ1) is 23.7. The predicted molar refractivity (Wildman–Crippen MR) is 141 cm³/mol. The van der Waals surface area contributed by atoms with Gasteiger partial charge in [0.2, 0.25) is 10.0 Å². The molecule has 35 heavy (non-hydrogen) atoms. The number of carbonyl (C=O) groups excluding carboxylic acids is 1. The van der Waals surface area contributed by atoms with Crippen LogP contribution < -0.4 is 4.80 Å². The van der Waals surface area contributed by atoms with Gasteiger partial charge in [0.25, 0.3) is 5.91 Å². The van der Waals surface area contributed by atoms with E-state index in [1.165, 1.54) is 23.5 Å². The van der Waals surface area contributed by atoms with E-state index in [1.807, 2.05) is 29.7 Å². The molecule has 6 nitrogen and oxygen atoms in total. The van der Waals surface area contributed by atoms with Crippen molar-refractivity contribution < 1.29 is 13.2 Å². The van der Waals surface area contributed by atoms with Gasteiger partial charge in [-0.3, -0.25) is 4.79 Å². The third kappa shape index (κ3) is 4.37. The van der Waals surface area contributed by atoms with Crippen molar-refractivity contribution in [2.24, 2.45) is 4.99 Å². The Morgan fingerprint density at radius 1 is 1.11 bits per heavy atom. The Bertz CT molecular complexity index is 1600. The van der Waals surface area contributed by atoms with Gasteiger partial charge < -0.3 is 4.57 Å². The first-order valence-electron chi connectivity index (χ1n) is 11.7. The highest BCUT2D eigenvalue weighted by Gasteiger charge is 2.30. The highest BCUT2D eigenvalue weighted by atomic mass is 32.2. The van der Waals surface area contributed by atoms with Crippen LogP contribution in [-0.4, -0.2) is 35.8 Å². The molecular formula is C27H27N3O3S2. The van der Waals surface area contributed by atoms with Crippen LogP contribution >= 0.6 is 11.3 Å². The average Bonchev–Trinajstić information content (AvgIpc) is 3.22. The Morgan fingerprint density at radius 2 is 1.89 bits per heavy atom. The third-order valence-electron chi connectivity index (χ3n) is 6.53. The van der Waals surface area contributed by atoms with Crippen molar-refractivity contribution in [3.63, 3.8) is 0 Å².